The Kier molecular flexibility index (Phi) is 4.75. The number of aryl methyl sites for hydroxylation is 1. The molecule has 0 N–H and O–H groups in total. The van der Waals surface area contributed by atoms with Gasteiger partial charge in [0.1, 0.15) is 11.3 Å². The smallest absolute Gasteiger partial charge is 0.111 e. The standard InChI is InChI=1S/C15H20Cl2N2/c1-4-10(2)11(3)19-13-7-5-6-12(17)15(13)18-14(19)8-9-16/h5-7,10-11H,4,8-9H2,1-3H3. The first-order valence-electron chi connectivity index (χ1n) is 6.81. The molecule has 2 rings (SSSR count). The first kappa shape index (κ1) is 14.7. The third kappa shape index (κ3) is 2.75. The van der Waals surface area contributed by atoms with Gasteiger partial charge in [0.05, 0.1) is 10.5 Å². The van der Waals surface area contributed by atoms with Crippen LogP contribution >= 0.6 is 23.2 Å². The lowest BCUT2D eigenvalue weighted by atomic mass is 10.0. The van der Waals surface area contributed by atoms with Crippen molar-refractivity contribution in [3.05, 3.63) is 29.0 Å². The highest BCUT2D eigenvalue weighted by Gasteiger charge is 2.20. The molecular weight excluding hydrogens is 279 g/mol. The van der Waals surface area contributed by atoms with E-state index < -0.39 is 0 Å². The average molecular weight is 299 g/mol. The third-order valence-electron chi connectivity index (χ3n) is 3.94. The van der Waals surface area contributed by atoms with Crippen LogP contribution in [0.5, 0.6) is 0 Å². The zero-order valence-electron chi connectivity index (χ0n) is 11.7. The number of alkyl halides is 1. The first-order chi connectivity index (χ1) is 9.10. The summed E-state index contributed by atoms with van der Waals surface area (Å²) in [6, 6.07) is 6.35. The van der Waals surface area contributed by atoms with Crippen LogP contribution < -0.4 is 0 Å². The van der Waals surface area contributed by atoms with Gasteiger partial charge in [0.2, 0.25) is 0 Å². The highest BCUT2D eigenvalue weighted by molar-refractivity contribution is 6.34. The van der Waals surface area contributed by atoms with Crippen molar-refractivity contribution in [1.82, 2.24) is 9.55 Å². The highest BCUT2D eigenvalue weighted by Crippen LogP contribution is 2.30. The number of rotatable bonds is 5. The predicted octanol–water partition coefficient (Wildman–Crippen LogP) is 5.08. The molecule has 0 aliphatic heterocycles. The summed E-state index contributed by atoms with van der Waals surface area (Å²) in [5.41, 5.74) is 2.00. The summed E-state index contributed by atoms with van der Waals surface area (Å²) in [7, 11) is 0. The van der Waals surface area contributed by atoms with Gasteiger partial charge in [-0.25, -0.2) is 4.98 Å². The van der Waals surface area contributed by atoms with Crippen LogP contribution in [-0.2, 0) is 6.42 Å². The van der Waals surface area contributed by atoms with Crippen molar-refractivity contribution >= 4 is 34.2 Å². The molecule has 2 nitrogen and oxygen atoms in total. The molecule has 4 heteroatoms. The molecule has 0 fully saturated rings. The van der Waals surface area contributed by atoms with Crippen LogP contribution in [0, 0.1) is 5.92 Å². The second kappa shape index (κ2) is 6.15. The Morgan fingerprint density at radius 2 is 2.05 bits per heavy atom. The number of hydrogen-bond donors (Lipinski definition) is 0. The molecule has 0 amide bonds. The van der Waals surface area contributed by atoms with Gasteiger partial charge in [-0.15, -0.1) is 11.6 Å². The summed E-state index contributed by atoms with van der Waals surface area (Å²) in [4.78, 5) is 4.69. The lowest BCUT2D eigenvalue weighted by Crippen LogP contribution is -2.16. The largest absolute Gasteiger partial charge is 0.325 e. The molecule has 0 spiro atoms. The lowest BCUT2D eigenvalue weighted by Gasteiger charge is -2.23. The van der Waals surface area contributed by atoms with Gasteiger partial charge in [-0.2, -0.15) is 0 Å². The van der Waals surface area contributed by atoms with Crippen molar-refractivity contribution in [2.45, 2.75) is 39.7 Å². The molecular formula is C15H20Cl2N2. The summed E-state index contributed by atoms with van der Waals surface area (Å²) >= 11 is 12.2. The highest BCUT2D eigenvalue weighted by atomic mass is 35.5. The molecule has 1 heterocycles. The van der Waals surface area contributed by atoms with Crippen LogP contribution in [0.3, 0.4) is 0 Å². The summed E-state index contributed by atoms with van der Waals surface area (Å²) < 4.78 is 2.30. The van der Waals surface area contributed by atoms with Gasteiger partial charge in [-0.1, -0.05) is 37.9 Å². The number of hydrogen-bond acceptors (Lipinski definition) is 1. The van der Waals surface area contributed by atoms with Gasteiger partial charge >= 0.3 is 0 Å². The maximum atomic E-state index is 6.25. The van der Waals surface area contributed by atoms with Gasteiger partial charge in [-0.3, -0.25) is 0 Å². The Balaban J connectivity index is 2.61. The quantitative estimate of drug-likeness (QED) is 0.704. The molecule has 0 aliphatic carbocycles. The van der Waals surface area contributed by atoms with Gasteiger partial charge in [0.25, 0.3) is 0 Å². The van der Waals surface area contributed by atoms with E-state index in [9.17, 15) is 0 Å². The number of aromatic nitrogens is 2. The molecule has 0 bridgehead atoms. The minimum atomic E-state index is 0.395. The van der Waals surface area contributed by atoms with Gasteiger partial charge in [0.15, 0.2) is 0 Å². The van der Waals surface area contributed by atoms with Crippen LogP contribution in [0.4, 0.5) is 0 Å². The number of para-hydroxylation sites is 1. The Hall–Kier alpha value is -0.730. The number of halogens is 2. The van der Waals surface area contributed by atoms with E-state index in [1.54, 1.807) is 0 Å². The normalized spacial score (nSPS) is 14.8. The van der Waals surface area contributed by atoms with Crippen molar-refractivity contribution in [3.8, 4) is 0 Å². The number of fused-ring (bicyclic) bond motifs is 1. The molecule has 1 aromatic carbocycles. The Bertz CT molecular complexity index is 563. The van der Waals surface area contributed by atoms with E-state index in [2.05, 4.69) is 36.4 Å². The zero-order chi connectivity index (χ0) is 14.0. The van der Waals surface area contributed by atoms with Gasteiger partial charge in [-0.05, 0) is 25.0 Å². The SMILES string of the molecule is CCC(C)C(C)n1c(CCCl)nc2c(Cl)cccc21. The van der Waals surface area contributed by atoms with Crippen LogP contribution in [0.1, 0.15) is 39.1 Å². The van der Waals surface area contributed by atoms with E-state index in [0.717, 1.165) is 29.7 Å². The number of nitrogens with zero attached hydrogens (tertiary/aromatic N) is 2. The third-order valence-corrected chi connectivity index (χ3v) is 4.43. The molecule has 2 aromatic rings. The zero-order valence-corrected chi connectivity index (χ0v) is 13.2. The molecule has 2 unspecified atom stereocenters. The van der Waals surface area contributed by atoms with Crippen LogP contribution in [0.2, 0.25) is 5.02 Å². The van der Waals surface area contributed by atoms with E-state index in [0.29, 0.717) is 22.9 Å². The fraction of sp³-hybridized carbons (Fsp3) is 0.533. The topological polar surface area (TPSA) is 17.8 Å². The summed E-state index contributed by atoms with van der Waals surface area (Å²) in [5.74, 6) is 2.20. The van der Waals surface area contributed by atoms with E-state index in [1.807, 2.05) is 12.1 Å². The first-order valence-corrected chi connectivity index (χ1v) is 7.72. The van der Waals surface area contributed by atoms with Crippen LogP contribution in [0.15, 0.2) is 18.2 Å². The average Bonchev–Trinajstić information content (AvgIpc) is 2.77. The number of imidazole rings is 1. The Morgan fingerprint density at radius 3 is 2.68 bits per heavy atom. The predicted molar refractivity (Wildman–Crippen MR) is 83.3 cm³/mol. The Morgan fingerprint density at radius 1 is 1.32 bits per heavy atom. The summed E-state index contributed by atoms with van der Waals surface area (Å²) in [6.07, 6.45) is 1.91. The maximum Gasteiger partial charge on any atom is 0.111 e. The molecule has 2 atom stereocenters. The lowest BCUT2D eigenvalue weighted by molar-refractivity contribution is 0.369. The van der Waals surface area contributed by atoms with Crippen molar-refractivity contribution in [3.63, 3.8) is 0 Å². The molecule has 1 aromatic heterocycles. The summed E-state index contributed by atoms with van der Waals surface area (Å²) in [5, 5.41) is 0.712. The fourth-order valence-corrected chi connectivity index (χ4v) is 2.82. The van der Waals surface area contributed by atoms with Crippen molar-refractivity contribution in [2.75, 3.05) is 5.88 Å². The monoisotopic (exact) mass is 298 g/mol. The van der Waals surface area contributed by atoms with Gasteiger partial charge < -0.3 is 4.57 Å². The van der Waals surface area contributed by atoms with E-state index >= 15 is 0 Å². The van der Waals surface area contributed by atoms with E-state index in [-0.39, 0.29) is 0 Å². The summed E-state index contributed by atoms with van der Waals surface area (Å²) in [6.45, 7) is 6.73. The molecule has 19 heavy (non-hydrogen) atoms. The molecule has 104 valence electrons. The molecule has 0 saturated heterocycles. The minimum Gasteiger partial charge on any atom is -0.325 e. The molecule has 0 saturated carbocycles. The van der Waals surface area contributed by atoms with E-state index in [1.165, 1.54) is 0 Å². The maximum absolute atomic E-state index is 6.25. The molecule has 0 aliphatic rings. The fourth-order valence-electron chi connectivity index (χ4n) is 2.44. The minimum absolute atomic E-state index is 0.395. The molecule has 0 radical (unpaired) electrons. The second-order valence-electron chi connectivity index (χ2n) is 5.07. The second-order valence-corrected chi connectivity index (χ2v) is 5.86. The van der Waals surface area contributed by atoms with Crippen LogP contribution in [-0.4, -0.2) is 15.4 Å². The number of benzene rings is 1. The van der Waals surface area contributed by atoms with E-state index in [4.69, 9.17) is 23.2 Å². The Labute approximate surface area is 124 Å². The van der Waals surface area contributed by atoms with Crippen molar-refractivity contribution < 1.29 is 0 Å². The van der Waals surface area contributed by atoms with Crippen molar-refractivity contribution in [2.24, 2.45) is 5.92 Å². The van der Waals surface area contributed by atoms with Crippen molar-refractivity contribution in [1.29, 1.82) is 0 Å². The van der Waals surface area contributed by atoms with Crippen LogP contribution in [0.25, 0.3) is 11.0 Å². The van der Waals surface area contributed by atoms with Gasteiger partial charge in [0, 0.05) is 18.3 Å².